The Morgan fingerprint density at radius 2 is 2.29 bits per heavy atom. The summed E-state index contributed by atoms with van der Waals surface area (Å²) in [5.74, 6) is 0.578. The standard InChI is InChI=1S/C10H14BrClN4O/c1-3-13-8(17)6-16(4-2)9-7(11)5-14-10(12)15-9/h5H,3-4,6H2,1-2H3,(H,13,17). The highest BCUT2D eigenvalue weighted by molar-refractivity contribution is 9.10. The predicted molar refractivity (Wildman–Crippen MR) is 71.3 cm³/mol. The van der Waals surface area contributed by atoms with E-state index in [0.29, 0.717) is 23.4 Å². The van der Waals surface area contributed by atoms with Crippen molar-refractivity contribution in [2.75, 3.05) is 24.5 Å². The molecule has 7 heteroatoms. The normalized spacial score (nSPS) is 10.1. The van der Waals surface area contributed by atoms with Crippen LogP contribution in [-0.2, 0) is 4.79 Å². The number of carbonyl (C=O) groups is 1. The first-order valence-electron chi connectivity index (χ1n) is 5.28. The minimum atomic E-state index is -0.0454. The predicted octanol–water partition coefficient (Wildman–Crippen LogP) is 1.85. The summed E-state index contributed by atoms with van der Waals surface area (Å²) < 4.78 is 0.716. The molecule has 1 aromatic heterocycles. The number of amides is 1. The first-order chi connectivity index (χ1) is 8.08. The van der Waals surface area contributed by atoms with Gasteiger partial charge in [-0.05, 0) is 41.4 Å². The van der Waals surface area contributed by atoms with E-state index in [2.05, 4.69) is 31.2 Å². The van der Waals surface area contributed by atoms with Crippen LogP contribution in [0.2, 0.25) is 5.28 Å². The molecular weight excluding hydrogens is 307 g/mol. The average Bonchev–Trinajstić information content (AvgIpc) is 2.30. The molecule has 1 N–H and O–H groups in total. The van der Waals surface area contributed by atoms with Crippen LogP contribution in [0.4, 0.5) is 5.82 Å². The van der Waals surface area contributed by atoms with Gasteiger partial charge in [0.1, 0.15) is 5.82 Å². The van der Waals surface area contributed by atoms with Crippen molar-refractivity contribution in [3.05, 3.63) is 16.0 Å². The zero-order valence-corrected chi connectivity index (χ0v) is 12.0. The van der Waals surface area contributed by atoms with Crippen molar-refractivity contribution in [3.8, 4) is 0 Å². The van der Waals surface area contributed by atoms with E-state index in [4.69, 9.17) is 11.6 Å². The van der Waals surface area contributed by atoms with Crippen molar-refractivity contribution in [1.29, 1.82) is 0 Å². The van der Waals surface area contributed by atoms with Crippen LogP contribution in [0.1, 0.15) is 13.8 Å². The maximum absolute atomic E-state index is 11.5. The zero-order chi connectivity index (χ0) is 12.8. The summed E-state index contributed by atoms with van der Waals surface area (Å²) in [7, 11) is 0. The fourth-order valence-corrected chi connectivity index (χ4v) is 1.89. The molecule has 0 aliphatic heterocycles. The number of likely N-dealkylation sites (N-methyl/N-ethyl adjacent to an activating group) is 2. The number of hydrogen-bond donors (Lipinski definition) is 1. The van der Waals surface area contributed by atoms with Crippen molar-refractivity contribution < 1.29 is 4.79 Å². The van der Waals surface area contributed by atoms with E-state index in [1.807, 2.05) is 18.7 Å². The van der Waals surface area contributed by atoms with Crippen LogP contribution in [0, 0.1) is 0 Å². The lowest BCUT2D eigenvalue weighted by molar-refractivity contribution is -0.119. The van der Waals surface area contributed by atoms with Crippen LogP contribution in [0.3, 0.4) is 0 Å². The molecule has 0 fully saturated rings. The third-order valence-electron chi connectivity index (χ3n) is 2.09. The molecule has 0 radical (unpaired) electrons. The maximum Gasteiger partial charge on any atom is 0.239 e. The van der Waals surface area contributed by atoms with Gasteiger partial charge in [-0.3, -0.25) is 4.79 Å². The van der Waals surface area contributed by atoms with Crippen molar-refractivity contribution in [2.24, 2.45) is 0 Å². The number of halogens is 2. The Bertz CT molecular complexity index is 402. The third-order valence-corrected chi connectivity index (χ3v) is 2.83. The average molecular weight is 322 g/mol. The fraction of sp³-hybridized carbons (Fsp3) is 0.500. The van der Waals surface area contributed by atoms with Gasteiger partial charge in [0.05, 0.1) is 11.0 Å². The Morgan fingerprint density at radius 3 is 2.88 bits per heavy atom. The number of nitrogens with zero attached hydrogens (tertiary/aromatic N) is 3. The lowest BCUT2D eigenvalue weighted by Crippen LogP contribution is -2.37. The molecule has 1 amide bonds. The van der Waals surface area contributed by atoms with Gasteiger partial charge in [-0.25, -0.2) is 4.98 Å². The van der Waals surface area contributed by atoms with Gasteiger partial charge in [-0.15, -0.1) is 0 Å². The second-order valence-corrected chi connectivity index (χ2v) is 4.47. The Labute approximate surface area is 114 Å². The van der Waals surface area contributed by atoms with Crippen molar-refractivity contribution in [1.82, 2.24) is 15.3 Å². The Morgan fingerprint density at radius 1 is 1.59 bits per heavy atom. The molecule has 94 valence electrons. The number of aromatic nitrogens is 2. The largest absolute Gasteiger partial charge is 0.355 e. The molecule has 0 unspecified atom stereocenters. The second kappa shape index (κ2) is 6.76. The van der Waals surface area contributed by atoms with Crippen LogP contribution in [0.5, 0.6) is 0 Å². The maximum atomic E-state index is 11.5. The van der Waals surface area contributed by atoms with Crippen molar-refractivity contribution >= 4 is 39.3 Å². The van der Waals surface area contributed by atoms with E-state index in [9.17, 15) is 4.79 Å². The summed E-state index contributed by atoms with van der Waals surface area (Å²) in [6.07, 6.45) is 1.57. The molecule has 0 atom stereocenters. The smallest absolute Gasteiger partial charge is 0.239 e. The van der Waals surface area contributed by atoms with Crippen molar-refractivity contribution in [2.45, 2.75) is 13.8 Å². The van der Waals surface area contributed by atoms with Crippen molar-refractivity contribution in [3.63, 3.8) is 0 Å². The third kappa shape index (κ3) is 4.12. The number of rotatable bonds is 5. The number of anilines is 1. The fourth-order valence-electron chi connectivity index (χ4n) is 1.32. The summed E-state index contributed by atoms with van der Waals surface area (Å²) in [6, 6.07) is 0. The van der Waals surface area contributed by atoms with E-state index in [0.717, 1.165) is 0 Å². The molecule has 0 aromatic carbocycles. The van der Waals surface area contributed by atoms with Gasteiger partial charge in [0.15, 0.2) is 0 Å². The number of hydrogen-bond acceptors (Lipinski definition) is 4. The van der Waals surface area contributed by atoms with Gasteiger partial charge in [0, 0.05) is 19.3 Å². The van der Waals surface area contributed by atoms with Gasteiger partial charge in [-0.1, -0.05) is 0 Å². The minimum absolute atomic E-state index is 0.0454. The molecule has 0 bridgehead atoms. The van der Waals surface area contributed by atoms with E-state index in [1.54, 1.807) is 6.20 Å². The van der Waals surface area contributed by atoms with Gasteiger partial charge in [0.25, 0.3) is 0 Å². The number of nitrogens with one attached hydrogen (secondary N) is 1. The molecule has 0 spiro atoms. The van der Waals surface area contributed by atoms with E-state index in [1.165, 1.54) is 0 Å². The van der Waals surface area contributed by atoms with Crippen LogP contribution >= 0.6 is 27.5 Å². The van der Waals surface area contributed by atoms with Crippen LogP contribution in [-0.4, -0.2) is 35.5 Å². The summed E-state index contributed by atoms with van der Waals surface area (Å²) in [5.41, 5.74) is 0. The zero-order valence-electron chi connectivity index (χ0n) is 9.70. The van der Waals surface area contributed by atoms with Gasteiger partial charge < -0.3 is 10.2 Å². The van der Waals surface area contributed by atoms with Gasteiger partial charge >= 0.3 is 0 Å². The van der Waals surface area contributed by atoms with E-state index >= 15 is 0 Å². The first-order valence-corrected chi connectivity index (χ1v) is 6.45. The lowest BCUT2D eigenvalue weighted by atomic mass is 10.4. The quantitative estimate of drug-likeness (QED) is 0.841. The highest BCUT2D eigenvalue weighted by Gasteiger charge is 2.14. The highest BCUT2D eigenvalue weighted by Crippen LogP contribution is 2.23. The summed E-state index contributed by atoms with van der Waals surface area (Å²) in [4.78, 5) is 21.3. The summed E-state index contributed by atoms with van der Waals surface area (Å²) in [5, 5.41) is 2.91. The minimum Gasteiger partial charge on any atom is -0.355 e. The highest BCUT2D eigenvalue weighted by atomic mass is 79.9. The lowest BCUT2D eigenvalue weighted by Gasteiger charge is -2.22. The molecule has 17 heavy (non-hydrogen) atoms. The SMILES string of the molecule is CCNC(=O)CN(CC)c1nc(Cl)ncc1Br. The molecule has 0 saturated heterocycles. The molecule has 1 aromatic rings. The van der Waals surface area contributed by atoms with Gasteiger partial charge in [0.2, 0.25) is 11.2 Å². The molecule has 0 saturated carbocycles. The second-order valence-electron chi connectivity index (χ2n) is 3.28. The summed E-state index contributed by atoms with van der Waals surface area (Å²) >= 11 is 9.09. The monoisotopic (exact) mass is 320 g/mol. The van der Waals surface area contributed by atoms with E-state index < -0.39 is 0 Å². The molecule has 0 aliphatic carbocycles. The Hall–Kier alpha value is -0.880. The van der Waals surface area contributed by atoms with Crippen LogP contribution in [0.25, 0.3) is 0 Å². The summed E-state index contributed by atoms with van der Waals surface area (Å²) in [6.45, 7) is 5.34. The Kier molecular flexibility index (Phi) is 5.64. The van der Waals surface area contributed by atoms with Crippen LogP contribution < -0.4 is 10.2 Å². The molecule has 1 heterocycles. The molecule has 5 nitrogen and oxygen atoms in total. The Balaban J connectivity index is 2.85. The topological polar surface area (TPSA) is 58.1 Å². The van der Waals surface area contributed by atoms with E-state index in [-0.39, 0.29) is 17.7 Å². The first kappa shape index (κ1) is 14.2. The molecular formula is C10H14BrClN4O. The van der Waals surface area contributed by atoms with Gasteiger partial charge in [-0.2, -0.15) is 4.98 Å². The molecule has 1 rings (SSSR count). The molecule has 0 aliphatic rings. The van der Waals surface area contributed by atoms with Crippen LogP contribution in [0.15, 0.2) is 10.7 Å². The number of carbonyl (C=O) groups excluding carboxylic acids is 1.